The number of hydrogen-bond acceptors (Lipinski definition) is 5. The highest BCUT2D eigenvalue weighted by Gasteiger charge is 2.40. The van der Waals surface area contributed by atoms with Crippen molar-refractivity contribution in [3.8, 4) is 11.5 Å². The minimum absolute atomic E-state index is 0.128. The minimum Gasteiger partial charge on any atom is -0.493 e. The maximum absolute atomic E-state index is 6.36. The van der Waals surface area contributed by atoms with Gasteiger partial charge >= 0.3 is 0 Å². The fraction of sp³-hybridized carbons (Fsp3) is 0.647. The van der Waals surface area contributed by atoms with Crippen LogP contribution in [0.3, 0.4) is 0 Å². The number of ether oxygens (including phenoxy) is 4. The molecule has 3 rings (SSSR count). The monoisotopic (exact) mass is 341 g/mol. The number of methoxy groups -OCH3 is 1. The first-order chi connectivity index (χ1) is 11.2. The number of rotatable bonds is 5. The topological polar surface area (TPSA) is 40.2 Å². The van der Waals surface area contributed by atoms with E-state index in [0.717, 1.165) is 44.8 Å². The van der Waals surface area contributed by atoms with E-state index in [2.05, 4.69) is 4.90 Å². The van der Waals surface area contributed by atoms with Crippen molar-refractivity contribution >= 4 is 11.6 Å². The van der Waals surface area contributed by atoms with Crippen LogP contribution >= 0.6 is 11.6 Å². The van der Waals surface area contributed by atoms with Gasteiger partial charge in [0.1, 0.15) is 5.60 Å². The van der Waals surface area contributed by atoms with Gasteiger partial charge in [-0.1, -0.05) is 11.6 Å². The van der Waals surface area contributed by atoms with Gasteiger partial charge < -0.3 is 18.9 Å². The van der Waals surface area contributed by atoms with Crippen molar-refractivity contribution in [2.75, 3.05) is 46.6 Å². The summed E-state index contributed by atoms with van der Waals surface area (Å²) in [6.45, 7) is 7.32. The molecular formula is C17H24ClNO4. The summed E-state index contributed by atoms with van der Waals surface area (Å²) in [4.78, 5) is 2.39. The molecule has 1 aromatic rings. The lowest BCUT2D eigenvalue weighted by molar-refractivity contribution is -0.111. The normalized spacial score (nSPS) is 25.0. The Labute approximate surface area is 142 Å². The molecule has 0 aliphatic carbocycles. The molecule has 2 fully saturated rings. The SMILES string of the molecule is CCOc1c(Cl)cc(CN2CCOC3(CCOC3)C2)cc1OC. The summed E-state index contributed by atoms with van der Waals surface area (Å²) in [5.41, 5.74) is 0.989. The fourth-order valence-electron chi connectivity index (χ4n) is 3.29. The molecule has 1 spiro atoms. The first kappa shape index (κ1) is 16.8. The number of halogens is 1. The second-order valence-corrected chi connectivity index (χ2v) is 6.49. The largest absolute Gasteiger partial charge is 0.493 e. The average molecular weight is 342 g/mol. The maximum atomic E-state index is 6.36. The van der Waals surface area contributed by atoms with Crippen molar-refractivity contribution in [1.29, 1.82) is 0 Å². The summed E-state index contributed by atoms with van der Waals surface area (Å²) < 4.78 is 22.5. The van der Waals surface area contributed by atoms with Crippen LogP contribution in [0.5, 0.6) is 11.5 Å². The van der Waals surface area contributed by atoms with Crippen LogP contribution in [0, 0.1) is 0 Å². The Hall–Kier alpha value is -1.01. The van der Waals surface area contributed by atoms with Crippen LogP contribution in [0.1, 0.15) is 18.9 Å². The summed E-state index contributed by atoms with van der Waals surface area (Å²) in [5.74, 6) is 1.30. The molecule has 2 saturated heterocycles. The molecule has 128 valence electrons. The Balaban J connectivity index is 1.73. The second-order valence-electron chi connectivity index (χ2n) is 6.09. The lowest BCUT2D eigenvalue weighted by Gasteiger charge is -2.39. The Morgan fingerprint density at radius 1 is 1.35 bits per heavy atom. The van der Waals surface area contributed by atoms with Gasteiger partial charge in [-0.15, -0.1) is 0 Å². The third-order valence-electron chi connectivity index (χ3n) is 4.38. The van der Waals surface area contributed by atoms with Gasteiger partial charge in [-0.2, -0.15) is 0 Å². The molecule has 0 bridgehead atoms. The molecule has 1 unspecified atom stereocenters. The summed E-state index contributed by atoms with van der Waals surface area (Å²) in [6.07, 6.45) is 0.969. The molecule has 2 heterocycles. The highest BCUT2D eigenvalue weighted by atomic mass is 35.5. The highest BCUT2D eigenvalue weighted by Crippen LogP contribution is 2.37. The Kier molecular flexibility index (Phi) is 5.31. The molecule has 0 saturated carbocycles. The summed E-state index contributed by atoms with van der Waals surface area (Å²) >= 11 is 6.36. The lowest BCUT2D eigenvalue weighted by Crippen LogP contribution is -2.51. The molecule has 0 radical (unpaired) electrons. The van der Waals surface area contributed by atoms with E-state index in [9.17, 15) is 0 Å². The van der Waals surface area contributed by atoms with E-state index >= 15 is 0 Å². The van der Waals surface area contributed by atoms with E-state index in [-0.39, 0.29) is 5.60 Å². The number of benzene rings is 1. The summed E-state index contributed by atoms with van der Waals surface area (Å²) in [6, 6.07) is 3.96. The smallest absolute Gasteiger partial charge is 0.179 e. The molecular weight excluding hydrogens is 318 g/mol. The van der Waals surface area contributed by atoms with E-state index in [1.807, 2.05) is 19.1 Å². The molecule has 2 aliphatic rings. The number of hydrogen-bond donors (Lipinski definition) is 0. The van der Waals surface area contributed by atoms with Crippen LogP contribution < -0.4 is 9.47 Å². The zero-order chi connectivity index (χ0) is 16.3. The molecule has 1 atom stereocenters. The molecule has 2 aliphatic heterocycles. The van der Waals surface area contributed by atoms with E-state index in [1.165, 1.54) is 0 Å². The Morgan fingerprint density at radius 2 is 2.22 bits per heavy atom. The van der Waals surface area contributed by atoms with Crippen LogP contribution in [0.25, 0.3) is 0 Å². The first-order valence-corrected chi connectivity index (χ1v) is 8.47. The molecule has 1 aromatic carbocycles. The zero-order valence-electron chi connectivity index (χ0n) is 13.8. The van der Waals surface area contributed by atoms with Crippen molar-refractivity contribution in [2.45, 2.75) is 25.5 Å². The predicted molar refractivity (Wildman–Crippen MR) is 88.6 cm³/mol. The Bertz CT molecular complexity index is 546. The molecule has 23 heavy (non-hydrogen) atoms. The quantitative estimate of drug-likeness (QED) is 0.823. The van der Waals surface area contributed by atoms with Crippen molar-refractivity contribution in [1.82, 2.24) is 4.90 Å². The zero-order valence-corrected chi connectivity index (χ0v) is 14.5. The van der Waals surface area contributed by atoms with Gasteiger partial charge in [0.2, 0.25) is 0 Å². The van der Waals surface area contributed by atoms with Crippen LogP contribution in [-0.4, -0.2) is 57.1 Å². The van der Waals surface area contributed by atoms with Crippen LogP contribution in [0.2, 0.25) is 5.02 Å². The van der Waals surface area contributed by atoms with E-state index in [4.69, 9.17) is 30.5 Å². The molecule has 5 nitrogen and oxygen atoms in total. The van der Waals surface area contributed by atoms with Crippen molar-refractivity contribution < 1.29 is 18.9 Å². The van der Waals surface area contributed by atoms with Crippen LogP contribution in [0.4, 0.5) is 0 Å². The van der Waals surface area contributed by atoms with E-state index in [0.29, 0.717) is 29.7 Å². The van der Waals surface area contributed by atoms with Gasteiger partial charge in [-0.3, -0.25) is 4.90 Å². The van der Waals surface area contributed by atoms with Gasteiger partial charge in [-0.05, 0) is 24.6 Å². The second kappa shape index (κ2) is 7.26. The first-order valence-electron chi connectivity index (χ1n) is 8.09. The van der Waals surface area contributed by atoms with Gasteiger partial charge in [0, 0.05) is 32.7 Å². The van der Waals surface area contributed by atoms with E-state index < -0.39 is 0 Å². The van der Waals surface area contributed by atoms with Gasteiger partial charge in [0.15, 0.2) is 11.5 Å². The highest BCUT2D eigenvalue weighted by molar-refractivity contribution is 6.32. The van der Waals surface area contributed by atoms with Crippen LogP contribution in [0.15, 0.2) is 12.1 Å². The van der Waals surface area contributed by atoms with Crippen molar-refractivity contribution in [3.05, 3.63) is 22.7 Å². The molecule has 0 N–H and O–H groups in total. The number of nitrogens with zero attached hydrogens (tertiary/aromatic N) is 1. The predicted octanol–water partition coefficient (Wildman–Crippen LogP) is 2.74. The molecule has 0 amide bonds. The lowest BCUT2D eigenvalue weighted by atomic mass is 10.0. The minimum atomic E-state index is -0.128. The van der Waals surface area contributed by atoms with Gasteiger partial charge in [-0.25, -0.2) is 0 Å². The summed E-state index contributed by atoms with van der Waals surface area (Å²) in [7, 11) is 1.64. The standard InChI is InChI=1S/C17H24ClNO4/c1-3-22-16-14(18)8-13(9-15(16)20-2)10-19-5-7-23-17(11-19)4-6-21-12-17/h8-9H,3-7,10-12H2,1-2H3. The summed E-state index contributed by atoms with van der Waals surface area (Å²) in [5, 5.41) is 0.591. The third kappa shape index (κ3) is 3.74. The van der Waals surface area contributed by atoms with Crippen molar-refractivity contribution in [3.63, 3.8) is 0 Å². The Morgan fingerprint density at radius 3 is 2.91 bits per heavy atom. The van der Waals surface area contributed by atoms with E-state index in [1.54, 1.807) is 7.11 Å². The fourth-order valence-corrected chi connectivity index (χ4v) is 3.58. The van der Waals surface area contributed by atoms with Gasteiger partial charge in [0.25, 0.3) is 0 Å². The molecule has 0 aromatic heterocycles. The van der Waals surface area contributed by atoms with Crippen molar-refractivity contribution in [2.24, 2.45) is 0 Å². The van der Waals surface area contributed by atoms with Gasteiger partial charge in [0.05, 0.1) is 32.0 Å². The molecule has 6 heteroatoms. The third-order valence-corrected chi connectivity index (χ3v) is 4.66. The number of morpholine rings is 1. The average Bonchev–Trinajstić information content (AvgIpc) is 2.97. The maximum Gasteiger partial charge on any atom is 0.179 e. The van der Waals surface area contributed by atoms with Crippen LogP contribution in [-0.2, 0) is 16.0 Å².